The van der Waals surface area contributed by atoms with Crippen LogP contribution in [0.25, 0.3) is 11.2 Å². The highest BCUT2D eigenvalue weighted by Crippen LogP contribution is 2.20. The quantitative estimate of drug-likeness (QED) is 0.822. The second kappa shape index (κ2) is 5.53. The number of nitrogens with one attached hydrogen (secondary N) is 2. The number of aromatic amines is 1. The Kier molecular flexibility index (Phi) is 3.69. The van der Waals surface area contributed by atoms with Crippen LogP contribution in [0.3, 0.4) is 0 Å². The lowest BCUT2D eigenvalue weighted by atomic mass is 10.1. The number of hydrogen-bond donors (Lipinski definition) is 2. The first kappa shape index (κ1) is 14.7. The maximum atomic E-state index is 12.2. The van der Waals surface area contributed by atoms with Crippen LogP contribution in [0.15, 0.2) is 12.3 Å². The molecule has 0 aliphatic carbocycles. The van der Waals surface area contributed by atoms with Gasteiger partial charge in [-0.2, -0.15) is 10.3 Å². The van der Waals surface area contributed by atoms with Gasteiger partial charge in [0.2, 0.25) is 5.65 Å². The van der Waals surface area contributed by atoms with Crippen LogP contribution in [0.4, 0.5) is 4.79 Å². The molecule has 0 saturated carbocycles. The van der Waals surface area contributed by atoms with Gasteiger partial charge < -0.3 is 15.0 Å². The zero-order valence-corrected chi connectivity index (χ0v) is 13.0. The van der Waals surface area contributed by atoms with E-state index in [9.17, 15) is 4.79 Å². The molecule has 0 aromatic carbocycles. The minimum absolute atomic E-state index is 0.00914. The molecular weight excluding hydrogens is 284 g/mol. The Morgan fingerprint density at radius 1 is 1.41 bits per heavy atom. The van der Waals surface area contributed by atoms with Crippen molar-refractivity contribution in [3.63, 3.8) is 0 Å². The summed E-state index contributed by atoms with van der Waals surface area (Å²) in [6.45, 7) is 7.48. The van der Waals surface area contributed by atoms with Crippen molar-refractivity contribution in [3.8, 4) is 0 Å². The summed E-state index contributed by atoms with van der Waals surface area (Å²) in [5.74, 6) is 0. The Hall–Kier alpha value is -2.22. The molecule has 22 heavy (non-hydrogen) atoms. The van der Waals surface area contributed by atoms with Crippen LogP contribution >= 0.6 is 0 Å². The molecule has 1 amide bonds. The summed E-state index contributed by atoms with van der Waals surface area (Å²) in [4.78, 5) is 18.2. The molecular formula is C14H20N6O2. The summed E-state index contributed by atoms with van der Waals surface area (Å²) >= 11 is 0. The second-order valence-electron chi connectivity index (χ2n) is 6.37. The Morgan fingerprint density at radius 2 is 2.23 bits per heavy atom. The number of fused-ring (bicyclic) bond motifs is 1. The Bertz CT molecular complexity index is 677. The topological polar surface area (TPSA) is 96.0 Å². The molecule has 1 aliphatic rings. The standard InChI is InChI=1S/C14H20N6O2/c1-14(2,3)22-13(21)20-5-4-15-11(8-20)9-6-10-12(16-7-9)18-19-17-10/h6-7,11,15H,4-5,8H2,1-3H3,(H,16,17,18,19). The maximum Gasteiger partial charge on any atom is 0.410 e. The number of ether oxygens (including phenoxy) is 1. The number of carbonyl (C=O) groups excluding carboxylic acids is 1. The number of piperazine rings is 1. The molecule has 2 aromatic rings. The molecule has 118 valence electrons. The van der Waals surface area contributed by atoms with E-state index in [1.807, 2.05) is 26.8 Å². The molecule has 1 atom stereocenters. The van der Waals surface area contributed by atoms with Crippen molar-refractivity contribution in [2.75, 3.05) is 19.6 Å². The third-order valence-corrected chi connectivity index (χ3v) is 3.42. The van der Waals surface area contributed by atoms with E-state index >= 15 is 0 Å². The van der Waals surface area contributed by atoms with Crippen molar-refractivity contribution in [2.24, 2.45) is 0 Å². The molecule has 0 radical (unpaired) electrons. The number of nitrogens with zero attached hydrogens (tertiary/aromatic N) is 4. The molecule has 1 aliphatic heterocycles. The van der Waals surface area contributed by atoms with Crippen molar-refractivity contribution < 1.29 is 9.53 Å². The van der Waals surface area contributed by atoms with Gasteiger partial charge in [0.05, 0.1) is 6.04 Å². The van der Waals surface area contributed by atoms with Crippen LogP contribution in [0.5, 0.6) is 0 Å². The Morgan fingerprint density at radius 3 is 3.00 bits per heavy atom. The fourth-order valence-corrected chi connectivity index (χ4v) is 2.41. The SMILES string of the molecule is CC(C)(C)OC(=O)N1CCNC(c2cnc3n[nH]nc3c2)C1. The highest BCUT2D eigenvalue weighted by Gasteiger charge is 2.28. The van der Waals surface area contributed by atoms with E-state index in [4.69, 9.17) is 4.74 Å². The Balaban J connectivity index is 1.73. The summed E-state index contributed by atoms with van der Waals surface area (Å²) in [6.07, 6.45) is 1.48. The first-order valence-corrected chi connectivity index (χ1v) is 7.30. The zero-order chi connectivity index (χ0) is 15.7. The van der Waals surface area contributed by atoms with E-state index in [1.54, 1.807) is 11.1 Å². The van der Waals surface area contributed by atoms with Gasteiger partial charge in [-0.25, -0.2) is 9.78 Å². The van der Waals surface area contributed by atoms with Gasteiger partial charge in [0.25, 0.3) is 0 Å². The van der Waals surface area contributed by atoms with E-state index in [0.717, 1.165) is 5.56 Å². The molecule has 8 nitrogen and oxygen atoms in total. The number of amides is 1. The fourth-order valence-electron chi connectivity index (χ4n) is 2.41. The van der Waals surface area contributed by atoms with Crippen molar-refractivity contribution in [1.29, 1.82) is 0 Å². The van der Waals surface area contributed by atoms with E-state index in [0.29, 0.717) is 30.8 Å². The van der Waals surface area contributed by atoms with E-state index in [2.05, 4.69) is 25.7 Å². The average molecular weight is 304 g/mol. The molecule has 2 N–H and O–H groups in total. The summed E-state index contributed by atoms with van der Waals surface area (Å²) < 4.78 is 5.44. The number of hydrogen-bond acceptors (Lipinski definition) is 6. The summed E-state index contributed by atoms with van der Waals surface area (Å²) in [5.41, 5.74) is 1.80. The van der Waals surface area contributed by atoms with Crippen molar-refractivity contribution in [3.05, 3.63) is 17.8 Å². The van der Waals surface area contributed by atoms with Crippen LogP contribution < -0.4 is 5.32 Å². The smallest absolute Gasteiger partial charge is 0.410 e. The van der Waals surface area contributed by atoms with Crippen LogP contribution in [0.1, 0.15) is 32.4 Å². The molecule has 8 heteroatoms. The minimum Gasteiger partial charge on any atom is -0.444 e. The lowest BCUT2D eigenvalue weighted by molar-refractivity contribution is 0.0195. The predicted octanol–water partition coefficient (Wildman–Crippen LogP) is 1.23. The number of aromatic nitrogens is 4. The van der Waals surface area contributed by atoms with E-state index in [-0.39, 0.29) is 12.1 Å². The van der Waals surface area contributed by atoms with Crippen LogP contribution in [-0.4, -0.2) is 56.6 Å². The first-order chi connectivity index (χ1) is 10.4. The first-order valence-electron chi connectivity index (χ1n) is 7.30. The van der Waals surface area contributed by atoms with E-state index < -0.39 is 5.60 Å². The van der Waals surface area contributed by atoms with Gasteiger partial charge in [0, 0.05) is 25.8 Å². The van der Waals surface area contributed by atoms with Crippen molar-refractivity contribution >= 4 is 17.3 Å². The molecule has 0 bridgehead atoms. The van der Waals surface area contributed by atoms with E-state index in [1.165, 1.54) is 0 Å². The van der Waals surface area contributed by atoms with Crippen molar-refractivity contribution in [2.45, 2.75) is 32.4 Å². The number of H-pyrrole nitrogens is 1. The highest BCUT2D eigenvalue weighted by atomic mass is 16.6. The van der Waals surface area contributed by atoms with Gasteiger partial charge >= 0.3 is 6.09 Å². The summed E-state index contributed by atoms with van der Waals surface area (Å²) in [6, 6.07) is 1.94. The summed E-state index contributed by atoms with van der Waals surface area (Å²) in [5, 5.41) is 13.9. The van der Waals surface area contributed by atoms with Crippen LogP contribution in [0.2, 0.25) is 0 Å². The molecule has 3 rings (SSSR count). The lowest BCUT2D eigenvalue weighted by Crippen LogP contribution is -2.49. The van der Waals surface area contributed by atoms with Gasteiger partial charge in [0.15, 0.2) is 0 Å². The van der Waals surface area contributed by atoms with Gasteiger partial charge in [-0.15, -0.1) is 5.10 Å². The second-order valence-corrected chi connectivity index (χ2v) is 6.37. The van der Waals surface area contributed by atoms with Crippen LogP contribution in [0, 0.1) is 0 Å². The van der Waals surface area contributed by atoms with Gasteiger partial charge in [-0.1, -0.05) is 0 Å². The van der Waals surface area contributed by atoms with Gasteiger partial charge in [-0.3, -0.25) is 0 Å². The van der Waals surface area contributed by atoms with Crippen LogP contribution in [-0.2, 0) is 4.74 Å². The largest absolute Gasteiger partial charge is 0.444 e. The average Bonchev–Trinajstić information content (AvgIpc) is 2.93. The lowest BCUT2D eigenvalue weighted by Gasteiger charge is -2.34. The molecule has 2 aromatic heterocycles. The Labute approximate surface area is 128 Å². The normalized spacial score (nSPS) is 19.4. The highest BCUT2D eigenvalue weighted by molar-refractivity contribution is 5.70. The monoisotopic (exact) mass is 304 g/mol. The minimum atomic E-state index is -0.487. The molecule has 1 saturated heterocycles. The predicted molar refractivity (Wildman–Crippen MR) is 80.2 cm³/mol. The number of rotatable bonds is 1. The summed E-state index contributed by atoms with van der Waals surface area (Å²) in [7, 11) is 0. The molecule has 0 spiro atoms. The number of carbonyl (C=O) groups is 1. The maximum absolute atomic E-state index is 12.2. The third kappa shape index (κ3) is 3.16. The zero-order valence-electron chi connectivity index (χ0n) is 13.0. The number of pyridine rings is 1. The molecule has 1 fully saturated rings. The third-order valence-electron chi connectivity index (χ3n) is 3.42. The fraction of sp³-hybridized carbons (Fsp3) is 0.571. The van der Waals surface area contributed by atoms with Gasteiger partial charge in [0.1, 0.15) is 11.1 Å². The van der Waals surface area contributed by atoms with Gasteiger partial charge in [-0.05, 0) is 32.4 Å². The molecule has 3 heterocycles. The molecule has 1 unspecified atom stereocenters. The van der Waals surface area contributed by atoms with Crippen molar-refractivity contribution in [1.82, 2.24) is 30.6 Å².